The fourth-order valence-electron chi connectivity index (χ4n) is 3.93. The van der Waals surface area contributed by atoms with Gasteiger partial charge in [0.2, 0.25) is 0 Å². The van der Waals surface area contributed by atoms with Gasteiger partial charge < -0.3 is 14.8 Å². The molecule has 0 radical (unpaired) electrons. The standard InChI is InChI=1S/C22H22N2O4/c1-27-15-9-13(10-16(12-15)28-2)21(25)23-14-7-8-18-17-5-3-4-6-19(17)22(26)24-20(18)11-14/h7-12,18H,3-6H2,1-2H3,(H,24,26). The van der Waals surface area contributed by atoms with Crippen molar-refractivity contribution in [3.63, 3.8) is 0 Å². The lowest BCUT2D eigenvalue weighted by Gasteiger charge is -2.33. The Bertz CT molecular complexity index is 946. The van der Waals surface area contributed by atoms with Crippen molar-refractivity contribution in [3.8, 4) is 11.5 Å². The normalized spacial score (nSPS) is 22.2. The second-order valence-electron chi connectivity index (χ2n) is 7.04. The van der Waals surface area contributed by atoms with Crippen molar-refractivity contribution >= 4 is 17.5 Å². The van der Waals surface area contributed by atoms with Gasteiger partial charge in [0.05, 0.1) is 19.9 Å². The first-order chi connectivity index (χ1) is 13.6. The number of amides is 2. The third-order valence-electron chi connectivity index (χ3n) is 5.34. The van der Waals surface area contributed by atoms with Gasteiger partial charge in [-0.05, 0) is 55.5 Å². The molecule has 0 aromatic heterocycles. The summed E-state index contributed by atoms with van der Waals surface area (Å²) >= 11 is 0. The van der Waals surface area contributed by atoms with Crippen molar-refractivity contribution in [1.29, 1.82) is 0 Å². The smallest absolute Gasteiger partial charge is 0.277 e. The Morgan fingerprint density at radius 1 is 1.11 bits per heavy atom. The van der Waals surface area contributed by atoms with Crippen LogP contribution < -0.4 is 14.8 Å². The number of fused-ring (bicyclic) bond motifs is 2. The number of nitrogens with zero attached hydrogens (tertiary/aromatic N) is 1. The van der Waals surface area contributed by atoms with E-state index in [1.807, 2.05) is 12.2 Å². The first kappa shape index (κ1) is 18.2. The zero-order chi connectivity index (χ0) is 19.7. The third kappa shape index (κ3) is 3.38. The van der Waals surface area contributed by atoms with Crippen LogP contribution in [0, 0.1) is 5.92 Å². The third-order valence-corrected chi connectivity index (χ3v) is 5.34. The Hall–Kier alpha value is -3.15. The van der Waals surface area contributed by atoms with E-state index in [-0.39, 0.29) is 11.8 Å². The highest BCUT2D eigenvalue weighted by Gasteiger charge is 2.33. The Morgan fingerprint density at radius 3 is 2.54 bits per heavy atom. The fraction of sp³-hybridized carbons (Fsp3) is 0.318. The maximum absolute atomic E-state index is 12.6. The largest absolute Gasteiger partial charge is 0.497 e. The van der Waals surface area contributed by atoms with Gasteiger partial charge in [-0.3, -0.25) is 9.59 Å². The van der Waals surface area contributed by atoms with Gasteiger partial charge in [0.15, 0.2) is 0 Å². The summed E-state index contributed by atoms with van der Waals surface area (Å²) in [5.41, 5.74) is 3.82. The second-order valence-corrected chi connectivity index (χ2v) is 7.04. The average molecular weight is 378 g/mol. The number of carbonyl (C=O) groups is 2. The molecule has 0 spiro atoms. The summed E-state index contributed by atoms with van der Waals surface area (Å²) in [7, 11) is 3.06. The number of carbonyl (C=O) groups excluding carboxylic acids is 2. The summed E-state index contributed by atoms with van der Waals surface area (Å²) < 4.78 is 10.4. The molecule has 1 N–H and O–H groups in total. The lowest BCUT2D eigenvalue weighted by molar-refractivity contribution is -0.117. The predicted octanol–water partition coefficient (Wildman–Crippen LogP) is 3.36. The van der Waals surface area contributed by atoms with Gasteiger partial charge in [-0.15, -0.1) is 0 Å². The van der Waals surface area contributed by atoms with Gasteiger partial charge in [-0.25, -0.2) is 4.99 Å². The van der Waals surface area contributed by atoms with Crippen LogP contribution in [-0.2, 0) is 4.79 Å². The fourth-order valence-corrected chi connectivity index (χ4v) is 3.93. The molecule has 1 aromatic carbocycles. The number of methoxy groups -OCH3 is 2. The lowest BCUT2D eigenvalue weighted by Crippen LogP contribution is -2.37. The van der Waals surface area contributed by atoms with Crippen LogP contribution in [-0.4, -0.2) is 31.7 Å². The molecule has 0 bridgehead atoms. The molecule has 1 atom stereocenters. The van der Waals surface area contributed by atoms with Crippen LogP contribution in [0.1, 0.15) is 36.0 Å². The highest BCUT2D eigenvalue weighted by molar-refractivity contribution is 6.14. The number of hydrogen-bond acceptors (Lipinski definition) is 4. The molecular formula is C22H22N2O4. The van der Waals surface area contributed by atoms with Crippen LogP contribution in [0.5, 0.6) is 11.5 Å². The molecule has 2 aliphatic carbocycles. The summed E-state index contributed by atoms with van der Waals surface area (Å²) in [5.74, 6) is 0.718. The number of ether oxygens (including phenoxy) is 2. The number of benzene rings is 1. The first-order valence-corrected chi connectivity index (χ1v) is 9.38. The molecule has 0 fully saturated rings. The van der Waals surface area contributed by atoms with E-state index in [4.69, 9.17) is 9.47 Å². The van der Waals surface area contributed by atoms with E-state index in [1.165, 1.54) is 19.8 Å². The minimum atomic E-state index is -0.396. The Balaban J connectivity index is 1.62. The van der Waals surface area contributed by atoms with Gasteiger partial charge in [0.1, 0.15) is 11.5 Å². The quantitative estimate of drug-likeness (QED) is 0.875. The summed E-state index contributed by atoms with van der Waals surface area (Å²) in [6.07, 6.45) is 9.62. The number of aliphatic imine (C=N–C) groups is 1. The molecule has 144 valence electrons. The van der Waals surface area contributed by atoms with E-state index >= 15 is 0 Å². The van der Waals surface area contributed by atoms with Crippen LogP contribution in [0.3, 0.4) is 0 Å². The van der Waals surface area contributed by atoms with Crippen LogP contribution >= 0.6 is 0 Å². The van der Waals surface area contributed by atoms with Crippen LogP contribution in [0.4, 0.5) is 0 Å². The average Bonchev–Trinajstić information content (AvgIpc) is 2.73. The van der Waals surface area contributed by atoms with Crippen molar-refractivity contribution in [2.24, 2.45) is 10.9 Å². The molecule has 3 aliphatic rings. The van der Waals surface area contributed by atoms with Gasteiger partial charge >= 0.3 is 0 Å². The van der Waals surface area contributed by atoms with E-state index in [0.29, 0.717) is 22.8 Å². The van der Waals surface area contributed by atoms with Crippen molar-refractivity contribution in [2.45, 2.75) is 25.7 Å². The van der Waals surface area contributed by atoms with E-state index in [2.05, 4.69) is 10.3 Å². The number of nitrogens with one attached hydrogen (secondary N) is 1. The molecule has 6 heteroatoms. The van der Waals surface area contributed by atoms with Gasteiger partial charge in [0.25, 0.3) is 11.8 Å². The molecule has 1 unspecified atom stereocenters. The van der Waals surface area contributed by atoms with Crippen molar-refractivity contribution in [2.75, 3.05) is 14.2 Å². The van der Waals surface area contributed by atoms with E-state index in [1.54, 1.807) is 24.3 Å². The number of hydrogen-bond donors (Lipinski definition) is 1. The SMILES string of the molecule is COc1cc(OC)cc(C(=O)N=C2C=CC3C(=C2)NC(=O)C2=C3CCCC2)c1. The topological polar surface area (TPSA) is 77.0 Å². The second kappa shape index (κ2) is 7.46. The van der Waals surface area contributed by atoms with Crippen molar-refractivity contribution in [3.05, 3.63) is 58.8 Å². The summed E-state index contributed by atoms with van der Waals surface area (Å²) in [4.78, 5) is 29.3. The van der Waals surface area contributed by atoms with Gasteiger partial charge in [0, 0.05) is 28.8 Å². The summed E-state index contributed by atoms with van der Waals surface area (Å²) in [6, 6.07) is 4.95. The zero-order valence-corrected chi connectivity index (χ0v) is 16.0. The Kier molecular flexibility index (Phi) is 4.86. The monoisotopic (exact) mass is 378 g/mol. The van der Waals surface area contributed by atoms with E-state index in [0.717, 1.165) is 37.0 Å². The molecular weight excluding hydrogens is 356 g/mol. The highest BCUT2D eigenvalue weighted by Crippen LogP contribution is 2.38. The predicted molar refractivity (Wildman–Crippen MR) is 106 cm³/mol. The minimum Gasteiger partial charge on any atom is -0.497 e. The Morgan fingerprint density at radius 2 is 1.82 bits per heavy atom. The molecule has 2 amide bonds. The zero-order valence-electron chi connectivity index (χ0n) is 16.0. The molecule has 1 heterocycles. The lowest BCUT2D eigenvalue weighted by atomic mass is 9.77. The van der Waals surface area contributed by atoms with Crippen LogP contribution in [0.15, 0.2) is 58.3 Å². The van der Waals surface area contributed by atoms with E-state index in [9.17, 15) is 9.59 Å². The van der Waals surface area contributed by atoms with Gasteiger partial charge in [-0.2, -0.15) is 0 Å². The molecule has 4 rings (SSSR count). The van der Waals surface area contributed by atoms with Crippen molar-refractivity contribution in [1.82, 2.24) is 5.32 Å². The van der Waals surface area contributed by atoms with Crippen molar-refractivity contribution < 1.29 is 19.1 Å². The molecule has 0 saturated heterocycles. The number of allylic oxidation sites excluding steroid dienone is 3. The van der Waals surface area contributed by atoms with Gasteiger partial charge in [-0.1, -0.05) is 6.08 Å². The summed E-state index contributed by atoms with van der Waals surface area (Å²) in [6.45, 7) is 0. The van der Waals surface area contributed by atoms with Crippen LogP contribution in [0.2, 0.25) is 0 Å². The molecule has 1 aliphatic heterocycles. The molecule has 28 heavy (non-hydrogen) atoms. The summed E-state index contributed by atoms with van der Waals surface area (Å²) in [5, 5.41) is 2.98. The molecule has 0 saturated carbocycles. The maximum Gasteiger partial charge on any atom is 0.277 e. The van der Waals surface area contributed by atoms with Crippen LogP contribution in [0.25, 0.3) is 0 Å². The molecule has 1 aromatic rings. The first-order valence-electron chi connectivity index (χ1n) is 9.38. The molecule has 6 nitrogen and oxygen atoms in total. The number of rotatable bonds is 3. The van der Waals surface area contributed by atoms with E-state index < -0.39 is 5.91 Å². The Labute approximate surface area is 163 Å². The maximum atomic E-state index is 12.6. The minimum absolute atomic E-state index is 0.0179. The highest BCUT2D eigenvalue weighted by atomic mass is 16.5.